The highest BCUT2D eigenvalue weighted by Crippen LogP contribution is 2.48. The molecule has 2 aliphatic rings. The van der Waals surface area contributed by atoms with Crippen LogP contribution < -0.4 is 4.74 Å². The molecule has 0 aromatic heterocycles. The van der Waals surface area contributed by atoms with E-state index in [9.17, 15) is 9.18 Å². The molecule has 4 rings (SSSR count). The topological polar surface area (TPSA) is 26.3 Å². The summed E-state index contributed by atoms with van der Waals surface area (Å²) >= 11 is 0. The predicted octanol–water partition coefficient (Wildman–Crippen LogP) is 7.62. The van der Waals surface area contributed by atoms with E-state index in [4.69, 9.17) is 4.74 Å². The van der Waals surface area contributed by atoms with Crippen molar-refractivity contribution in [3.8, 4) is 5.75 Å². The van der Waals surface area contributed by atoms with Crippen molar-refractivity contribution in [3.63, 3.8) is 0 Å². The number of benzene rings is 2. The summed E-state index contributed by atoms with van der Waals surface area (Å²) in [5.74, 6) is 2.29. The van der Waals surface area contributed by atoms with Crippen molar-refractivity contribution in [1.82, 2.24) is 0 Å². The first-order valence-electron chi connectivity index (χ1n) is 11.7. The van der Waals surface area contributed by atoms with E-state index in [0.717, 1.165) is 42.2 Å². The average Bonchev–Trinajstić information content (AvgIpc) is 2.78. The third-order valence-corrected chi connectivity index (χ3v) is 7.41. The highest BCUT2D eigenvalue weighted by Gasteiger charge is 2.36. The van der Waals surface area contributed by atoms with Gasteiger partial charge in [-0.2, -0.15) is 0 Å². The SMILES string of the molecule is C=CCCC1CCC2CC(c3ccc(C(=O)Oc4ccc(C)cc4)cc3F)CCC2C1. The molecule has 0 saturated heterocycles. The maximum atomic E-state index is 15.0. The number of esters is 1. The number of hydrogen-bond donors (Lipinski definition) is 0. The van der Waals surface area contributed by atoms with Gasteiger partial charge in [-0.25, -0.2) is 9.18 Å². The smallest absolute Gasteiger partial charge is 0.343 e. The Morgan fingerprint density at radius 2 is 1.81 bits per heavy atom. The highest BCUT2D eigenvalue weighted by atomic mass is 19.1. The molecule has 164 valence electrons. The van der Waals surface area contributed by atoms with Crippen LogP contribution in [0.25, 0.3) is 0 Å². The lowest BCUT2D eigenvalue weighted by Gasteiger charge is -2.42. The number of halogens is 1. The van der Waals surface area contributed by atoms with Crippen molar-refractivity contribution in [2.24, 2.45) is 17.8 Å². The van der Waals surface area contributed by atoms with E-state index in [-0.39, 0.29) is 17.3 Å². The summed E-state index contributed by atoms with van der Waals surface area (Å²) in [5, 5.41) is 0. The Kier molecular flexibility index (Phi) is 6.89. The molecular formula is C28H33FO2. The second kappa shape index (κ2) is 9.80. The molecule has 4 unspecified atom stereocenters. The number of hydrogen-bond acceptors (Lipinski definition) is 2. The first-order chi connectivity index (χ1) is 15.0. The van der Waals surface area contributed by atoms with Crippen molar-refractivity contribution in [2.75, 3.05) is 0 Å². The zero-order valence-electron chi connectivity index (χ0n) is 18.5. The fourth-order valence-corrected chi connectivity index (χ4v) is 5.64. The zero-order chi connectivity index (χ0) is 21.8. The molecule has 4 atom stereocenters. The van der Waals surface area contributed by atoms with Crippen molar-refractivity contribution in [3.05, 3.63) is 77.6 Å². The molecule has 2 aromatic rings. The van der Waals surface area contributed by atoms with E-state index in [1.54, 1.807) is 18.2 Å². The Morgan fingerprint density at radius 1 is 1.06 bits per heavy atom. The number of allylic oxidation sites excluding steroid dienone is 1. The molecule has 2 aliphatic carbocycles. The molecule has 0 aliphatic heterocycles. The van der Waals surface area contributed by atoms with E-state index >= 15 is 0 Å². The summed E-state index contributed by atoms with van der Waals surface area (Å²) in [7, 11) is 0. The van der Waals surface area contributed by atoms with Gasteiger partial charge < -0.3 is 4.74 Å². The molecule has 0 spiro atoms. The van der Waals surface area contributed by atoms with E-state index in [1.807, 2.05) is 31.2 Å². The normalized spacial score (nSPS) is 25.5. The molecule has 0 bridgehead atoms. The third-order valence-electron chi connectivity index (χ3n) is 7.41. The van der Waals surface area contributed by atoms with Gasteiger partial charge in [-0.1, -0.05) is 36.3 Å². The molecule has 2 fully saturated rings. The van der Waals surface area contributed by atoms with Gasteiger partial charge in [0.15, 0.2) is 0 Å². The van der Waals surface area contributed by atoms with Gasteiger partial charge in [-0.15, -0.1) is 6.58 Å². The van der Waals surface area contributed by atoms with Crippen LogP contribution in [0.15, 0.2) is 55.1 Å². The predicted molar refractivity (Wildman–Crippen MR) is 123 cm³/mol. The Labute approximate surface area is 185 Å². The highest BCUT2D eigenvalue weighted by molar-refractivity contribution is 5.91. The van der Waals surface area contributed by atoms with Gasteiger partial charge in [0, 0.05) is 0 Å². The average molecular weight is 421 g/mol. The van der Waals surface area contributed by atoms with Crippen LogP contribution in [0.1, 0.15) is 78.8 Å². The van der Waals surface area contributed by atoms with E-state index < -0.39 is 5.97 Å². The number of carbonyl (C=O) groups excluding carboxylic acids is 1. The Hall–Kier alpha value is -2.42. The number of aryl methyl sites for hydroxylation is 1. The summed E-state index contributed by atoms with van der Waals surface area (Å²) in [6.45, 7) is 5.83. The van der Waals surface area contributed by atoms with Gasteiger partial charge in [-0.05, 0) is 105 Å². The maximum Gasteiger partial charge on any atom is 0.343 e. The molecular weight excluding hydrogens is 387 g/mol. The zero-order valence-corrected chi connectivity index (χ0v) is 18.5. The molecule has 0 N–H and O–H groups in total. The van der Waals surface area contributed by atoms with Crippen LogP contribution in [0.4, 0.5) is 4.39 Å². The summed E-state index contributed by atoms with van der Waals surface area (Å²) in [5.41, 5.74) is 2.12. The summed E-state index contributed by atoms with van der Waals surface area (Å²) < 4.78 is 20.4. The number of fused-ring (bicyclic) bond motifs is 1. The molecule has 31 heavy (non-hydrogen) atoms. The van der Waals surface area contributed by atoms with Crippen LogP contribution in [0, 0.1) is 30.5 Å². The number of ether oxygens (including phenoxy) is 1. The minimum Gasteiger partial charge on any atom is -0.423 e. The quantitative estimate of drug-likeness (QED) is 0.273. The first kappa shape index (κ1) is 21.8. The largest absolute Gasteiger partial charge is 0.423 e. The molecule has 0 radical (unpaired) electrons. The third kappa shape index (κ3) is 5.26. The van der Waals surface area contributed by atoms with Gasteiger partial charge in [0.05, 0.1) is 5.56 Å². The second-order valence-corrected chi connectivity index (χ2v) is 9.51. The summed E-state index contributed by atoms with van der Waals surface area (Å²) in [6, 6.07) is 12.1. The standard InChI is InChI=1S/C28H33FO2/c1-3-4-5-20-8-9-22-17-23(11-10-21(22)16-20)26-15-12-24(18-27(26)29)28(30)31-25-13-6-19(2)7-14-25/h3,6-7,12-15,18,20-23H,1,4-5,8-11,16-17H2,2H3. The number of rotatable bonds is 6. The van der Waals surface area contributed by atoms with Gasteiger partial charge in [0.1, 0.15) is 11.6 Å². The Morgan fingerprint density at radius 3 is 2.55 bits per heavy atom. The van der Waals surface area contributed by atoms with Crippen LogP contribution in [0.3, 0.4) is 0 Å². The minimum atomic E-state index is -0.518. The van der Waals surface area contributed by atoms with Gasteiger partial charge >= 0.3 is 5.97 Å². The van der Waals surface area contributed by atoms with Crippen LogP contribution >= 0.6 is 0 Å². The minimum absolute atomic E-state index is 0.258. The summed E-state index contributed by atoms with van der Waals surface area (Å²) in [6.07, 6.45) is 11.6. The van der Waals surface area contributed by atoms with E-state index in [2.05, 4.69) is 6.58 Å². The molecule has 2 aromatic carbocycles. The van der Waals surface area contributed by atoms with Crippen LogP contribution in [0.5, 0.6) is 5.75 Å². The Bertz CT molecular complexity index is 917. The van der Waals surface area contributed by atoms with Crippen LogP contribution in [-0.4, -0.2) is 5.97 Å². The Balaban J connectivity index is 1.38. The molecule has 0 heterocycles. The lowest BCUT2D eigenvalue weighted by molar-refractivity contribution is 0.0734. The van der Waals surface area contributed by atoms with Crippen LogP contribution in [-0.2, 0) is 0 Å². The van der Waals surface area contributed by atoms with E-state index in [1.165, 1.54) is 38.2 Å². The first-order valence-corrected chi connectivity index (χ1v) is 11.7. The fourth-order valence-electron chi connectivity index (χ4n) is 5.64. The van der Waals surface area contributed by atoms with E-state index in [0.29, 0.717) is 11.7 Å². The monoisotopic (exact) mass is 420 g/mol. The van der Waals surface area contributed by atoms with Gasteiger partial charge in [-0.3, -0.25) is 0 Å². The molecule has 2 nitrogen and oxygen atoms in total. The van der Waals surface area contributed by atoms with Crippen LogP contribution in [0.2, 0.25) is 0 Å². The molecule has 0 amide bonds. The van der Waals surface area contributed by atoms with Crippen molar-refractivity contribution in [2.45, 2.75) is 64.2 Å². The summed E-state index contributed by atoms with van der Waals surface area (Å²) in [4.78, 5) is 12.4. The van der Waals surface area contributed by atoms with Crippen molar-refractivity contribution in [1.29, 1.82) is 0 Å². The second-order valence-electron chi connectivity index (χ2n) is 9.51. The van der Waals surface area contributed by atoms with Gasteiger partial charge in [0.2, 0.25) is 0 Å². The molecule has 2 saturated carbocycles. The fraction of sp³-hybridized carbons (Fsp3) is 0.464. The van der Waals surface area contributed by atoms with Crippen molar-refractivity contribution < 1.29 is 13.9 Å². The maximum absolute atomic E-state index is 15.0. The van der Waals surface area contributed by atoms with Crippen molar-refractivity contribution >= 4 is 5.97 Å². The lowest BCUT2D eigenvalue weighted by atomic mass is 9.63. The number of carbonyl (C=O) groups is 1. The lowest BCUT2D eigenvalue weighted by Crippen LogP contribution is -2.30. The molecule has 3 heteroatoms. The van der Waals surface area contributed by atoms with Gasteiger partial charge in [0.25, 0.3) is 0 Å².